The molecule has 0 saturated carbocycles. The van der Waals surface area contributed by atoms with Crippen LogP contribution in [-0.4, -0.2) is 34.4 Å². The lowest BCUT2D eigenvalue weighted by molar-refractivity contribution is -0.112. The lowest BCUT2D eigenvalue weighted by Crippen LogP contribution is -2.33. The van der Waals surface area contributed by atoms with Crippen LogP contribution in [0, 0.1) is 11.7 Å². The van der Waals surface area contributed by atoms with Crippen LogP contribution in [0.3, 0.4) is 0 Å². The first-order valence-electron chi connectivity index (χ1n) is 7.01. The first kappa shape index (κ1) is 13.9. The molecule has 1 aliphatic rings. The molecule has 0 aliphatic carbocycles. The molecule has 0 N–H and O–H groups in total. The predicted molar refractivity (Wildman–Crippen MR) is 73.8 cm³/mol. The smallest absolute Gasteiger partial charge is 0.241 e. The van der Waals surface area contributed by atoms with Gasteiger partial charge in [0.05, 0.1) is 6.54 Å². The van der Waals surface area contributed by atoms with E-state index in [1.807, 2.05) is 0 Å². The van der Waals surface area contributed by atoms with Gasteiger partial charge in [-0.1, -0.05) is 5.16 Å². The second-order valence-electron chi connectivity index (χ2n) is 5.27. The van der Waals surface area contributed by atoms with Gasteiger partial charge in [0, 0.05) is 11.5 Å². The van der Waals surface area contributed by atoms with E-state index in [1.54, 1.807) is 12.1 Å². The van der Waals surface area contributed by atoms with Crippen molar-refractivity contribution < 1.29 is 13.7 Å². The molecule has 0 spiro atoms. The molecule has 110 valence electrons. The summed E-state index contributed by atoms with van der Waals surface area (Å²) in [5.41, 5.74) is 0.728. The molecule has 0 bridgehead atoms. The molecule has 1 aromatic heterocycles. The molecule has 0 atom stereocenters. The number of aromatic nitrogens is 2. The maximum absolute atomic E-state index is 12.9. The lowest BCUT2D eigenvalue weighted by Gasteiger charge is -2.27. The van der Waals surface area contributed by atoms with Crippen molar-refractivity contribution in [3.8, 4) is 11.4 Å². The van der Waals surface area contributed by atoms with E-state index in [-0.39, 0.29) is 11.7 Å². The van der Waals surface area contributed by atoms with Gasteiger partial charge in [0.1, 0.15) is 12.1 Å². The molecule has 6 heteroatoms. The van der Waals surface area contributed by atoms with Crippen LogP contribution in [0.1, 0.15) is 18.7 Å². The Hall–Kier alpha value is -2.08. The monoisotopic (exact) mass is 289 g/mol. The maximum Gasteiger partial charge on any atom is 0.241 e. The fraction of sp³-hybridized carbons (Fsp3) is 0.400. The second kappa shape index (κ2) is 6.13. The summed E-state index contributed by atoms with van der Waals surface area (Å²) in [7, 11) is 0. The fourth-order valence-electron chi connectivity index (χ4n) is 2.47. The van der Waals surface area contributed by atoms with Crippen molar-refractivity contribution in [1.29, 1.82) is 0 Å². The van der Waals surface area contributed by atoms with Crippen LogP contribution in [0.25, 0.3) is 11.4 Å². The largest absolute Gasteiger partial charge is 0.338 e. The third kappa shape index (κ3) is 3.33. The van der Waals surface area contributed by atoms with Crippen molar-refractivity contribution in [2.24, 2.45) is 5.92 Å². The molecule has 0 unspecified atom stereocenters. The van der Waals surface area contributed by atoms with Gasteiger partial charge in [0.25, 0.3) is 0 Å². The second-order valence-corrected chi connectivity index (χ2v) is 5.27. The van der Waals surface area contributed by atoms with Crippen molar-refractivity contribution in [2.45, 2.75) is 19.4 Å². The summed E-state index contributed by atoms with van der Waals surface area (Å²) in [6.45, 7) is 2.30. The van der Waals surface area contributed by atoms with E-state index < -0.39 is 0 Å². The molecule has 1 aliphatic heterocycles. The Morgan fingerprint density at radius 3 is 2.67 bits per heavy atom. The van der Waals surface area contributed by atoms with Crippen LogP contribution < -0.4 is 0 Å². The number of carbonyl (C=O) groups is 1. The Labute approximate surface area is 121 Å². The zero-order valence-electron chi connectivity index (χ0n) is 11.5. The third-order valence-electron chi connectivity index (χ3n) is 3.75. The van der Waals surface area contributed by atoms with Gasteiger partial charge >= 0.3 is 0 Å². The summed E-state index contributed by atoms with van der Waals surface area (Å²) in [5.74, 6) is 0.894. The van der Waals surface area contributed by atoms with Crippen molar-refractivity contribution in [3.63, 3.8) is 0 Å². The molecule has 1 saturated heterocycles. The quantitative estimate of drug-likeness (QED) is 0.808. The Morgan fingerprint density at radius 1 is 1.29 bits per heavy atom. The SMILES string of the molecule is O=CC1CCN(Cc2nc(-c3ccc(F)cc3)no2)CC1. The molecule has 1 aromatic carbocycles. The Kier molecular flexibility index (Phi) is 4.06. The molecule has 2 aromatic rings. The average Bonchev–Trinajstić information content (AvgIpc) is 2.97. The summed E-state index contributed by atoms with van der Waals surface area (Å²) < 4.78 is 18.1. The number of piperidine rings is 1. The van der Waals surface area contributed by atoms with E-state index in [0.717, 1.165) is 37.8 Å². The van der Waals surface area contributed by atoms with Crippen LogP contribution in [0.15, 0.2) is 28.8 Å². The lowest BCUT2D eigenvalue weighted by atomic mass is 9.99. The summed E-state index contributed by atoms with van der Waals surface area (Å²) in [5, 5.41) is 3.92. The van der Waals surface area contributed by atoms with E-state index in [0.29, 0.717) is 18.3 Å². The van der Waals surface area contributed by atoms with Gasteiger partial charge in [0.15, 0.2) is 0 Å². The highest BCUT2D eigenvalue weighted by atomic mass is 19.1. The van der Waals surface area contributed by atoms with Gasteiger partial charge in [-0.3, -0.25) is 4.90 Å². The third-order valence-corrected chi connectivity index (χ3v) is 3.75. The number of rotatable bonds is 4. The minimum Gasteiger partial charge on any atom is -0.338 e. The summed E-state index contributed by atoms with van der Waals surface area (Å²) >= 11 is 0. The predicted octanol–water partition coefficient (Wildman–Crippen LogP) is 2.29. The van der Waals surface area contributed by atoms with Gasteiger partial charge in [-0.25, -0.2) is 4.39 Å². The number of carbonyl (C=O) groups excluding carboxylic acids is 1. The van der Waals surface area contributed by atoms with Crippen LogP contribution in [-0.2, 0) is 11.3 Å². The summed E-state index contributed by atoms with van der Waals surface area (Å²) in [4.78, 5) is 17.3. The first-order chi connectivity index (χ1) is 10.2. The Morgan fingerprint density at radius 2 is 2.00 bits per heavy atom. The maximum atomic E-state index is 12.9. The van der Waals surface area contributed by atoms with E-state index >= 15 is 0 Å². The molecule has 0 amide bonds. The van der Waals surface area contributed by atoms with E-state index in [1.165, 1.54) is 12.1 Å². The molecular formula is C15H16FN3O2. The molecule has 2 heterocycles. The van der Waals surface area contributed by atoms with Gasteiger partial charge in [-0.2, -0.15) is 4.98 Å². The summed E-state index contributed by atoms with van der Waals surface area (Å²) in [6.07, 6.45) is 2.79. The van der Waals surface area contributed by atoms with E-state index in [9.17, 15) is 9.18 Å². The molecule has 3 rings (SSSR count). The van der Waals surface area contributed by atoms with E-state index in [2.05, 4.69) is 15.0 Å². The van der Waals surface area contributed by atoms with Gasteiger partial charge in [-0.05, 0) is 50.2 Å². The van der Waals surface area contributed by atoms with Crippen molar-refractivity contribution in [3.05, 3.63) is 36.0 Å². The highest BCUT2D eigenvalue weighted by Crippen LogP contribution is 2.19. The molecule has 1 fully saturated rings. The fourth-order valence-corrected chi connectivity index (χ4v) is 2.47. The normalized spacial score (nSPS) is 17.0. The summed E-state index contributed by atoms with van der Waals surface area (Å²) in [6, 6.07) is 5.99. The number of likely N-dealkylation sites (tertiary alicyclic amines) is 1. The number of nitrogens with zero attached hydrogens (tertiary/aromatic N) is 3. The van der Waals surface area contributed by atoms with Crippen molar-refractivity contribution in [1.82, 2.24) is 15.0 Å². The van der Waals surface area contributed by atoms with Gasteiger partial charge in [-0.15, -0.1) is 0 Å². The van der Waals surface area contributed by atoms with E-state index in [4.69, 9.17) is 4.52 Å². The minimum absolute atomic E-state index is 0.179. The zero-order chi connectivity index (χ0) is 14.7. The number of halogens is 1. The number of hydrogen-bond acceptors (Lipinski definition) is 5. The van der Waals surface area contributed by atoms with Crippen LogP contribution >= 0.6 is 0 Å². The topological polar surface area (TPSA) is 59.2 Å². The van der Waals surface area contributed by atoms with Gasteiger partial charge < -0.3 is 9.32 Å². The first-order valence-corrected chi connectivity index (χ1v) is 7.01. The molecular weight excluding hydrogens is 273 g/mol. The zero-order valence-corrected chi connectivity index (χ0v) is 11.5. The number of aldehydes is 1. The molecule has 0 radical (unpaired) electrons. The Bertz CT molecular complexity index is 604. The minimum atomic E-state index is -0.291. The molecule has 21 heavy (non-hydrogen) atoms. The van der Waals surface area contributed by atoms with Gasteiger partial charge in [0.2, 0.25) is 11.7 Å². The van der Waals surface area contributed by atoms with Crippen molar-refractivity contribution >= 4 is 6.29 Å². The van der Waals surface area contributed by atoms with Crippen molar-refractivity contribution in [2.75, 3.05) is 13.1 Å². The number of hydrogen-bond donors (Lipinski definition) is 0. The average molecular weight is 289 g/mol. The van der Waals surface area contributed by atoms with Crippen LogP contribution in [0.2, 0.25) is 0 Å². The molecule has 5 nitrogen and oxygen atoms in total. The van der Waals surface area contributed by atoms with Crippen LogP contribution in [0.5, 0.6) is 0 Å². The number of benzene rings is 1. The highest BCUT2D eigenvalue weighted by molar-refractivity contribution is 5.54. The highest BCUT2D eigenvalue weighted by Gasteiger charge is 2.20. The Balaban J connectivity index is 1.63. The van der Waals surface area contributed by atoms with Crippen LogP contribution in [0.4, 0.5) is 4.39 Å². The standard InChI is InChI=1S/C15H16FN3O2/c16-13-3-1-12(2-4-13)15-17-14(21-18-15)9-19-7-5-11(10-20)6-8-19/h1-4,10-11H,5-9H2.